The molecule has 1 N–H and O–H groups in total. The summed E-state index contributed by atoms with van der Waals surface area (Å²) in [4.78, 5) is 26.5. The molecule has 180 valence electrons. The monoisotopic (exact) mass is 445 g/mol. The smallest absolute Gasteiger partial charge is 0.417 e. The number of hydrogen-bond donors (Lipinski definition) is 1. The lowest BCUT2D eigenvalue weighted by Gasteiger charge is -2.25. The number of cyclic esters (lactones) is 1. The molecule has 5 heteroatoms. The van der Waals surface area contributed by atoms with Crippen LogP contribution < -0.4 is 0 Å². The third-order valence-electron chi connectivity index (χ3n) is 6.71. The highest BCUT2D eigenvalue weighted by Crippen LogP contribution is 2.33. The van der Waals surface area contributed by atoms with Crippen molar-refractivity contribution in [3.8, 4) is 0 Å². The second kappa shape index (κ2) is 14.3. The van der Waals surface area contributed by atoms with Gasteiger partial charge in [-0.3, -0.25) is 4.79 Å². The molecule has 1 aromatic carbocycles. The third-order valence-corrected chi connectivity index (χ3v) is 6.71. The van der Waals surface area contributed by atoms with E-state index in [-0.39, 0.29) is 5.91 Å². The van der Waals surface area contributed by atoms with Gasteiger partial charge < -0.3 is 9.84 Å². The number of nitrogens with zero attached hydrogens (tertiary/aromatic N) is 1. The molecule has 0 spiro atoms. The van der Waals surface area contributed by atoms with Crippen LogP contribution in [0.4, 0.5) is 4.79 Å². The highest BCUT2D eigenvalue weighted by molar-refractivity contribution is 5.95. The summed E-state index contributed by atoms with van der Waals surface area (Å²) in [6.07, 6.45) is 12.5. The Kier molecular flexibility index (Phi) is 11.8. The van der Waals surface area contributed by atoms with E-state index in [4.69, 9.17) is 4.74 Å². The average Bonchev–Trinajstić information content (AvgIpc) is 3.10. The standard InChI is InChI=1S/C27H43NO4/c1-4-5-6-7-8-9-10-11-12-13-17-20-24(29)21(2)26(30)28-22(3)25(32-27(28)31)23-18-15-14-16-19-23/h14-16,18-19,21-22,24-25,29H,4-13,17,20H2,1-3H3/t21-,22-,24+,25-/m1/s1. The van der Waals surface area contributed by atoms with Gasteiger partial charge in [-0.1, -0.05) is 115 Å². The summed E-state index contributed by atoms with van der Waals surface area (Å²) in [6, 6.07) is 9.08. The zero-order valence-corrected chi connectivity index (χ0v) is 20.3. The van der Waals surface area contributed by atoms with E-state index < -0.39 is 30.3 Å². The van der Waals surface area contributed by atoms with Crippen LogP contribution in [0.3, 0.4) is 0 Å². The summed E-state index contributed by atoms with van der Waals surface area (Å²) in [5, 5.41) is 10.5. The van der Waals surface area contributed by atoms with Crippen LogP contribution in [0.1, 0.15) is 109 Å². The number of unbranched alkanes of at least 4 members (excludes halogenated alkanes) is 10. The van der Waals surface area contributed by atoms with Crippen molar-refractivity contribution in [1.29, 1.82) is 0 Å². The van der Waals surface area contributed by atoms with Gasteiger partial charge in [0.05, 0.1) is 18.1 Å². The first-order valence-corrected chi connectivity index (χ1v) is 12.7. The maximum absolute atomic E-state index is 13.0. The van der Waals surface area contributed by atoms with Crippen LogP contribution in [0, 0.1) is 5.92 Å². The van der Waals surface area contributed by atoms with Crippen LogP contribution in [-0.4, -0.2) is 34.2 Å². The summed E-state index contributed by atoms with van der Waals surface area (Å²) in [6.45, 7) is 5.78. The van der Waals surface area contributed by atoms with Crippen molar-refractivity contribution in [1.82, 2.24) is 4.90 Å². The molecule has 4 atom stereocenters. The van der Waals surface area contributed by atoms with Crippen molar-refractivity contribution in [2.24, 2.45) is 5.92 Å². The van der Waals surface area contributed by atoms with E-state index in [1.807, 2.05) is 37.3 Å². The Balaban J connectivity index is 1.66. The van der Waals surface area contributed by atoms with E-state index in [1.54, 1.807) is 6.92 Å². The number of amides is 2. The van der Waals surface area contributed by atoms with E-state index in [9.17, 15) is 14.7 Å². The molecule has 1 fully saturated rings. The van der Waals surface area contributed by atoms with Crippen LogP contribution in [0.25, 0.3) is 0 Å². The number of ether oxygens (including phenoxy) is 1. The molecule has 32 heavy (non-hydrogen) atoms. The number of aliphatic hydroxyl groups is 1. The van der Waals surface area contributed by atoms with Crippen molar-refractivity contribution in [3.05, 3.63) is 35.9 Å². The molecule has 2 amide bonds. The number of rotatable bonds is 15. The summed E-state index contributed by atoms with van der Waals surface area (Å²) in [5.41, 5.74) is 0.873. The SMILES string of the molecule is CCCCCCCCCCCCC[C@H](O)[C@@H](C)C(=O)N1C(=O)O[C@@H](c2ccccc2)[C@H]1C. The first-order chi connectivity index (χ1) is 15.5. The van der Waals surface area contributed by atoms with Crippen molar-refractivity contribution < 1.29 is 19.4 Å². The van der Waals surface area contributed by atoms with E-state index in [0.29, 0.717) is 6.42 Å². The Bertz CT molecular complexity index is 677. The Morgan fingerprint density at radius 1 is 0.969 bits per heavy atom. The number of imide groups is 1. The number of hydrogen-bond acceptors (Lipinski definition) is 4. The highest BCUT2D eigenvalue weighted by atomic mass is 16.6. The van der Waals surface area contributed by atoms with E-state index >= 15 is 0 Å². The van der Waals surface area contributed by atoms with Gasteiger partial charge in [0.2, 0.25) is 5.91 Å². The molecular weight excluding hydrogens is 402 g/mol. The zero-order valence-electron chi connectivity index (χ0n) is 20.3. The molecule has 0 bridgehead atoms. The van der Waals surface area contributed by atoms with Crippen LogP contribution >= 0.6 is 0 Å². The van der Waals surface area contributed by atoms with Gasteiger partial charge in [-0.25, -0.2) is 9.69 Å². The van der Waals surface area contributed by atoms with Gasteiger partial charge in [0.1, 0.15) is 6.10 Å². The van der Waals surface area contributed by atoms with Crippen LogP contribution in [0.2, 0.25) is 0 Å². The molecule has 1 heterocycles. The molecule has 2 rings (SSSR count). The Hall–Kier alpha value is -1.88. The lowest BCUT2D eigenvalue weighted by Crippen LogP contribution is -2.44. The Morgan fingerprint density at radius 2 is 1.50 bits per heavy atom. The minimum atomic E-state index is -0.739. The van der Waals surface area contributed by atoms with Crippen LogP contribution in [0.15, 0.2) is 30.3 Å². The molecule has 1 saturated heterocycles. The maximum Gasteiger partial charge on any atom is 0.417 e. The molecule has 5 nitrogen and oxygen atoms in total. The predicted molar refractivity (Wildman–Crippen MR) is 128 cm³/mol. The predicted octanol–water partition coefficient (Wildman–Crippen LogP) is 6.79. The van der Waals surface area contributed by atoms with Gasteiger partial charge in [0.25, 0.3) is 0 Å². The van der Waals surface area contributed by atoms with Gasteiger partial charge in [-0.2, -0.15) is 0 Å². The Morgan fingerprint density at radius 3 is 2.06 bits per heavy atom. The minimum Gasteiger partial charge on any atom is -0.439 e. The third kappa shape index (κ3) is 7.91. The van der Waals surface area contributed by atoms with Crippen molar-refractivity contribution in [2.75, 3.05) is 0 Å². The first kappa shape index (κ1) is 26.4. The number of benzene rings is 1. The zero-order chi connectivity index (χ0) is 23.3. The molecule has 1 aliphatic heterocycles. The molecular formula is C27H43NO4. The summed E-state index contributed by atoms with van der Waals surface area (Å²) in [7, 11) is 0. The van der Waals surface area contributed by atoms with E-state index in [0.717, 1.165) is 18.4 Å². The average molecular weight is 446 g/mol. The molecule has 0 aromatic heterocycles. The second-order valence-corrected chi connectivity index (χ2v) is 9.34. The topological polar surface area (TPSA) is 66.8 Å². The van der Waals surface area contributed by atoms with Gasteiger partial charge >= 0.3 is 6.09 Å². The quantitative estimate of drug-likeness (QED) is 0.302. The lowest BCUT2D eigenvalue weighted by molar-refractivity contribution is -0.136. The van der Waals surface area contributed by atoms with E-state index in [2.05, 4.69) is 6.92 Å². The van der Waals surface area contributed by atoms with Crippen LogP contribution in [0.5, 0.6) is 0 Å². The molecule has 0 radical (unpaired) electrons. The summed E-state index contributed by atoms with van der Waals surface area (Å²) < 4.78 is 5.48. The summed E-state index contributed by atoms with van der Waals surface area (Å²) >= 11 is 0. The highest BCUT2D eigenvalue weighted by Gasteiger charge is 2.45. The molecule has 1 aromatic rings. The lowest BCUT2D eigenvalue weighted by atomic mass is 9.96. The number of aliphatic hydroxyl groups excluding tert-OH is 1. The van der Waals surface area contributed by atoms with Gasteiger partial charge in [-0.15, -0.1) is 0 Å². The molecule has 0 unspecified atom stereocenters. The second-order valence-electron chi connectivity index (χ2n) is 9.34. The number of carbonyl (C=O) groups excluding carboxylic acids is 2. The molecule has 1 aliphatic rings. The Labute approximate surface area is 194 Å². The fourth-order valence-corrected chi connectivity index (χ4v) is 4.50. The van der Waals surface area contributed by atoms with Gasteiger partial charge in [0.15, 0.2) is 0 Å². The fraction of sp³-hybridized carbons (Fsp3) is 0.704. The van der Waals surface area contributed by atoms with Gasteiger partial charge in [-0.05, 0) is 18.9 Å². The van der Waals surface area contributed by atoms with Crippen molar-refractivity contribution in [2.45, 2.75) is 116 Å². The van der Waals surface area contributed by atoms with E-state index in [1.165, 1.54) is 62.7 Å². The number of carbonyl (C=O) groups is 2. The fourth-order valence-electron chi connectivity index (χ4n) is 4.50. The van der Waals surface area contributed by atoms with Gasteiger partial charge in [0, 0.05) is 0 Å². The van der Waals surface area contributed by atoms with Crippen molar-refractivity contribution >= 4 is 12.0 Å². The van der Waals surface area contributed by atoms with Crippen molar-refractivity contribution in [3.63, 3.8) is 0 Å². The normalized spacial score (nSPS) is 20.2. The maximum atomic E-state index is 13.0. The minimum absolute atomic E-state index is 0.350. The first-order valence-electron chi connectivity index (χ1n) is 12.7. The summed E-state index contributed by atoms with van der Waals surface area (Å²) in [5.74, 6) is -0.973. The van der Waals surface area contributed by atoms with Crippen LogP contribution in [-0.2, 0) is 9.53 Å². The largest absolute Gasteiger partial charge is 0.439 e. The molecule has 0 aliphatic carbocycles. The molecule has 0 saturated carbocycles.